The minimum absolute atomic E-state index is 0.0580. The van der Waals surface area contributed by atoms with Crippen molar-refractivity contribution in [1.82, 2.24) is 9.55 Å². The zero-order valence-electron chi connectivity index (χ0n) is 14.9. The Morgan fingerprint density at radius 3 is 2.52 bits per heavy atom. The van der Waals surface area contributed by atoms with Gasteiger partial charge in [-0.3, -0.25) is 4.79 Å². The second kappa shape index (κ2) is 9.90. The minimum Gasteiger partial charge on any atom is -0.372 e. The highest BCUT2D eigenvalue weighted by Crippen LogP contribution is 2.16. The Morgan fingerprint density at radius 2 is 1.85 bits per heavy atom. The molecule has 1 heterocycles. The fraction of sp³-hybridized carbons (Fsp3) is 0.238. The van der Waals surface area contributed by atoms with E-state index in [0.29, 0.717) is 13.0 Å². The molecule has 6 heteroatoms. The van der Waals surface area contributed by atoms with Crippen LogP contribution in [0, 0.1) is 0 Å². The van der Waals surface area contributed by atoms with Crippen LogP contribution in [-0.4, -0.2) is 22.1 Å². The van der Waals surface area contributed by atoms with Gasteiger partial charge >= 0.3 is 0 Å². The highest BCUT2D eigenvalue weighted by molar-refractivity contribution is 6.30. The molecule has 0 radical (unpaired) electrons. The quantitative estimate of drug-likeness (QED) is 0.530. The van der Waals surface area contributed by atoms with E-state index in [9.17, 15) is 4.79 Å². The van der Waals surface area contributed by atoms with E-state index in [-0.39, 0.29) is 6.10 Å². The van der Waals surface area contributed by atoms with Gasteiger partial charge in [0.15, 0.2) is 0 Å². The highest BCUT2D eigenvalue weighted by Gasteiger charge is 2.11. The molecule has 1 unspecified atom stereocenters. The van der Waals surface area contributed by atoms with Gasteiger partial charge in [-0.1, -0.05) is 35.9 Å². The van der Waals surface area contributed by atoms with Gasteiger partial charge in [0.25, 0.3) is 0 Å². The molecule has 0 aliphatic rings. The van der Waals surface area contributed by atoms with Crippen molar-refractivity contribution in [3.63, 3.8) is 0 Å². The molecule has 1 atom stereocenters. The zero-order chi connectivity index (χ0) is 18.9. The average Bonchev–Trinajstić information content (AvgIpc) is 3.20. The van der Waals surface area contributed by atoms with Crippen LogP contribution >= 0.6 is 11.6 Å². The van der Waals surface area contributed by atoms with Crippen LogP contribution in [0.4, 0.5) is 5.69 Å². The van der Waals surface area contributed by atoms with Gasteiger partial charge in [-0.05, 0) is 48.2 Å². The van der Waals surface area contributed by atoms with Crippen LogP contribution in [0.1, 0.15) is 17.5 Å². The third-order valence-corrected chi connectivity index (χ3v) is 4.56. The number of nitrogens with one attached hydrogen (secondary N) is 1. The second-order valence-electron chi connectivity index (χ2n) is 6.32. The Kier molecular flexibility index (Phi) is 7.02. The van der Waals surface area contributed by atoms with Gasteiger partial charge < -0.3 is 14.6 Å². The maximum Gasteiger partial charge on any atom is 0.211 e. The SMILES string of the molecule is O=CNc1ccc(COC(CCc2ccc(Cl)cc2)Cn2ccnc2)cc1. The lowest BCUT2D eigenvalue weighted by molar-refractivity contribution is -0.105. The number of hydrogen-bond donors (Lipinski definition) is 1. The van der Waals surface area contributed by atoms with E-state index in [0.717, 1.165) is 35.7 Å². The highest BCUT2D eigenvalue weighted by atomic mass is 35.5. The average molecular weight is 384 g/mol. The summed E-state index contributed by atoms with van der Waals surface area (Å²) in [4.78, 5) is 14.6. The molecule has 0 saturated carbocycles. The van der Waals surface area contributed by atoms with Crippen LogP contribution in [0.3, 0.4) is 0 Å². The van der Waals surface area contributed by atoms with Crippen molar-refractivity contribution in [3.05, 3.63) is 83.4 Å². The number of nitrogens with zero attached hydrogens (tertiary/aromatic N) is 2. The fourth-order valence-electron chi connectivity index (χ4n) is 2.82. The van der Waals surface area contributed by atoms with E-state index in [2.05, 4.69) is 22.4 Å². The number of halogens is 1. The van der Waals surface area contributed by atoms with Crippen LogP contribution < -0.4 is 5.32 Å². The van der Waals surface area contributed by atoms with Crippen LogP contribution in [-0.2, 0) is 29.1 Å². The maximum atomic E-state index is 10.5. The first-order valence-electron chi connectivity index (χ1n) is 8.84. The van der Waals surface area contributed by atoms with Crippen molar-refractivity contribution in [2.75, 3.05) is 5.32 Å². The van der Waals surface area contributed by atoms with Crippen molar-refractivity contribution in [1.29, 1.82) is 0 Å². The van der Waals surface area contributed by atoms with Gasteiger partial charge in [-0.2, -0.15) is 0 Å². The third-order valence-electron chi connectivity index (χ3n) is 4.31. The third kappa shape index (κ3) is 6.24. The van der Waals surface area contributed by atoms with E-state index >= 15 is 0 Å². The Bertz CT molecular complexity index is 818. The summed E-state index contributed by atoms with van der Waals surface area (Å²) in [7, 11) is 0. The Balaban J connectivity index is 1.58. The lowest BCUT2D eigenvalue weighted by atomic mass is 10.1. The van der Waals surface area contributed by atoms with E-state index in [4.69, 9.17) is 16.3 Å². The molecule has 3 rings (SSSR count). The molecule has 0 spiro atoms. The number of ether oxygens (including phenoxy) is 1. The summed E-state index contributed by atoms with van der Waals surface area (Å²) >= 11 is 5.96. The molecule has 0 bridgehead atoms. The van der Waals surface area contributed by atoms with Crippen LogP contribution in [0.15, 0.2) is 67.3 Å². The van der Waals surface area contributed by atoms with Crippen LogP contribution in [0.2, 0.25) is 5.02 Å². The van der Waals surface area contributed by atoms with Gasteiger partial charge in [0.05, 0.1) is 19.0 Å². The summed E-state index contributed by atoms with van der Waals surface area (Å²) in [5.41, 5.74) is 3.07. The molecular weight excluding hydrogens is 362 g/mol. The number of aromatic nitrogens is 2. The van der Waals surface area contributed by atoms with Crippen molar-refractivity contribution in [2.24, 2.45) is 0 Å². The van der Waals surface area contributed by atoms with Gasteiger partial charge in [0.2, 0.25) is 6.41 Å². The van der Waals surface area contributed by atoms with Gasteiger partial charge in [-0.15, -0.1) is 0 Å². The van der Waals surface area contributed by atoms with Crippen molar-refractivity contribution >= 4 is 23.7 Å². The molecule has 1 N–H and O–H groups in total. The largest absolute Gasteiger partial charge is 0.372 e. The first kappa shape index (κ1) is 19.1. The van der Waals surface area contributed by atoms with Crippen molar-refractivity contribution in [2.45, 2.75) is 32.1 Å². The lowest BCUT2D eigenvalue weighted by Gasteiger charge is -2.19. The van der Waals surface area contributed by atoms with Gasteiger partial charge in [0, 0.05) is 29.6 Å². The van der Waals surface area contributed by atoms with Crippen molar-refractivity contribution in [3.8, 4) is 0 Å². The lowest BCUT2D eigenvalue weighted by Crippen LogP contribution is -2.20. The molecule has 3 aromatic rings. The smallest absolute Gasteiger partial charge is 0.211 e. The number of rotatable bonds is 10. The maximum absolute atomic E-state index is 10.5. The first-order chi connectivity index (χ1) is 13.2. The molecule has 0 fully saturated rings. The normalized spacial score (nSPS) is 11.9. The van der Waals surface area contributed by atoms with E-state index in [1.54, 1.807) is 12.5 Å². The molecule has 1 aromatic heterocycles. The second-order valence-corrected chi connectivity index (χ2v) is 6.75. The van der Waals surface area contributed by atoms with Crippen LogP contribution in [0.5, 0.6) is 0 Å². The zero-order valence-corrected chi connectivity index (χ0v) is 15.7. The Morgan fingerprint density at radius 1 is 1.11 bits per heavy atom. The first-order valence-corrected chi connectivity index (χ1v) is 9.21. The van der Waals surface area contributed by atoms with E-state index in [1.165, 1.54) is 5.56 Å². The summed E-state index contributed by atoms with van der Waals surface area (Å²) in [6.45, 7) is 1.26. The van der Waals surface area contributed by atoms with Gasteiger partial charge in [0.1, 0.15) is 0 Å². The monoisotopic (exact) mass is 383 g/mol. The predicted octanol–water partition coefficient (Wildman–Crippen LogP) is 4.32. The number of carbonyl (C=O) groups excluding carboxylic acids is 1. The molecule has 5 nitrogen and oxygen atoms in total. The summed E-state index contributed by atoms with van der Waals surface area (Å²) in [5.74, 6) is 0. The molecule has 27 heavy (non-hydrogen) atoms. The Hall–Kier alpha value is -2.63. The summed E-state index contributed by atoms with van der Waals surface area (Å²) < 4.78 is 8.21. The van der Waals surface area contributed by atoms with E-state index < -0.39 is 0 Å². The van der Waals surface area contributed by atoms with Gasteiger partial charge in [-0.25, -0.2) is 4.98 Å². The number of anilines is 1. The number of imidazole rings is 1. The van der Waals surface area contributed by atoms with Crippen LogP contribution in [0.25, 0.3) is 0 Å². The number of benzene rings is 2. The standard InChI is InChI=1S/C21H22ClN3O2/c22-19-6-1-17(2-7-19)5-10-21(13-25-12-11-23-15-25)27-14-18-3-8-20(9-4-18)24-16-26/h1-4,6-9,11-12,15-16,21H,5,10,13-14H2,(H,24,26). The van der Waals surface area contributed by atoms with Crippen molar-refractivity contribution < 1.29 is 9.53 Å². The molecule has 0 aliphatic heterocycles. The summed E-state index contributed by atoms with van der Waals surface area (Å²) in [5, 5.41) is 3.38. The molecule has 2 aromatic carbocycles. The summed E-state index contributed by atoms with van der Waals surface area (Å²) in [6.07, 6.45) is 8.06. The number of aryl methyl sites for hydroxylation is 1. The fourth-order valence-corrected chi connectivity index (χ4v) is 2.94. The Labute approximate surface area is 164 Å². The molecule has 0 aliphatic carbocycles. The number of carbonyl (C=O) groups is 1. The molecule has 140 valence electrons. The predicted molar refractivity (Wildman–Crippen MR) is 107 cm³/mol. The number of amides is 1. The molecular formula is C21H22ClN3O2. The molecule has 0 saturated heterocycles. The molecule has 1 amide bonds. The topological polar surface area (TPSA) is 56.1 Å². The number of hydrogen-bond acceptors (Lipinski definition) is 3. The van der Waals surface area contributed by atoms with E-state index in [1.807, 2.05) is 47.2 Å². The summed E-state index contributed by atoms with van der Waals surface area (Å²) in [6, 6.07) is 15.6. The minimum atomic E-state index is 0.0580.